The second-order valence-corrected chi connectivity index (χ2v) is 3.97. The fourth-order valence-electron chi connectivity index (χ4n) is 0.680. The summed E-state index contributed by atoms with van der Waals surface area (Å²) in [6.45, 7) is 6.17. The smallest absolute Gasteiger partial charge is 0.319 e. The summed E-state index contributed by atoms with van der Waals surface area (Å²) in [4.78, 5) is 10.7. The Balaban J connectivity index is 3.10. The number of rotatable bonds is 8. The first-order valence-electron chi connectivity index (χ1n) is 4.64. The molecule has 0 rings (SSSR count). The molecule has 0 aromatic heterocycles. The molecule has 0 spiro atoms. The maximum Gasteiger partial charge on any atom is 0.319 e. The van der Waals surface area contributed by atoms with Crippen molar-refractivity contribution in [1.29, 1.82) is 0 Å². The highest BCUT2D eigenvalue weighted by Gasteiger charge is 2.08. The van der Waals surface area contributed by atoms with Gasteiger partial charge in [-0.1, -0.05) is 15.9 Å². The van der Waals surface area contributed by atoms with Gasteiger partial charge in [0, 0.05) is 6.61 Å². The molecule has 0 amide bonds. The minimum absolute atomic E-state index is 0.258. The number of carbonyl (C=O) groups is 1. The third-order valence-electron chi connectivity index (χ3n) is 1.37. The van der Waals surface area contributed by atoms with Crippen LogP contribution in [0.1, 0.15) is 13.8 Å². The largest absolute Gasteiger partial charge is 0.462 e. The summed E-state index contributed by atoms with van der Waals surface area (Å²) in [7, 11) is 0. The van der Waals surface area contributed by atoms with Crippen LogP contribution in [0.2, 0.25) is 0 Å². The van der Waals surface area contributed by atoms with Gasteiger partial charge in [-0.2, -0.15) is 0 Å². The van der Waals surface area contributed by atoms with Crippen molar-refractivity contribution in [3.05, 3.63) is 0 Å². The first-order chi connectivity index (χ1) is 6.68. The van der Waals surface area contributed by atoms with Gasteiger partial charge in [0.1, 0.15) is 11.4 Å². The molecular formula is C9H17BrO4. The van der Waals surface area contributed by atoms with Crippen LogP contribution in [0.5, 0.6) is 0 Å². The number of hydrogen-bond donors (Lipinski definition) is 0. The lowest BCUT2D eigenvalue weighted by molar-refractivity contribution is -0.144. The van der Waals surface area contributed by atoms with Crippen molar-refractivity contribution in [1.82, 2.24) is 0 Å². The molecule has 0 N–H and O–H groups in total. The molecule has 0 heterocycles. The molecule has 4 nitrogen and oxygen atoms in total. The minimum atomic E-state index is -0.265. The number of alkyl halides is 1. The van der Waals surface area contributed by atoms with Crippen LogP contribution in [0.25, 0.3) is 0 Å². The second-order valence-electron chi connectivity index (χ2n) is 2.59. The summed E-state index contributed by atoms with van der Waals surface area (Å²) in [6.07, 6.45) is 0. The van der Waals surface area contributed by atoms with E-state index in [1.807, 2.05) is 6.92 Å². The molecular weight excluding hydrogens is 252 g/mol. The second kappa shape index (κ2) is 9.43. The third kappa shape index (κ3) is 8.47. The topological polar surface area (TPSA) is 44.8 Å². The Bertz CT molecular complexity index is 150. The van der Waals surface area contributed by atoms with Gasteiger partial charge in [-0.3, -0.25) is 4.79 Å². The van der Waals surface area contributed by atoms with Gasteiger partial charge in [-0.15, -0.1) is 0 Å². The van der Waals surface area contributed by atoms with Crippen LogP contribution >= 0.6 is 15.9 Å². The molecule has 0 aromatic carbocycles. The van der Waals surface area contributed by atoms with Crippen LogP contribution in [-0.2, 0) is 19.0 Å². The van der Waals surface area contributed by atoms with Crippen molar-refractivity contribution in [2.45, 2.75) is 18.7 Å². The highest BCUT2D eigenvalue weighted by atomic mass is 79.9. The van der Waals surface area contributed by atoms with Crippen LogP contribution in [0, 0.1) is 0 Å². The van der Waals surface area contributed by atoms with E-state index in [1.54, 1.807) is 6.92 Å². The van der Waals surface area contributed by atoms with Crippen LogP contribution in [0.3, 0.4) is 0 Å². The Morgan fingerprint density at radius 1 is 1.21 bits per heavy atom. The lowest BCUT2D eigenvalue weighted by Gasteiger charge is -2.06. The summed E-state index contributed by atoms with van der Waals surface area (Å²) >= 11 is 3.11. The standard InChI is InChI=1S/C9H17BrO4/c1-3-12-4-5-13-6-7-14-9(11)8(2)10/h8H,3-7H2,1-2H3. The lowest BCUT2D eigenvalue weighted by atomic mass is 10.5. The van der Waals surface area contributed by atoms with Crippen molar-refractivity contribution in [3.8, 4) is 0 Å². The van der Waals surface area contributed by atoms with Gasteiger partial charge in [0.05, 0.1) is 19.8 Å². The first-order valence-corrected chi connectivity index (χ1v) is 5.56. The van der Waals surface area contributed by atoms with Gasteiger partial charge in [0.15, 0.2) is 0 Å². The Morgan fingerprint density at radius 3 is 2.36 bits per heavy atom. The van der Waals surface area contributed by atoms with Crippen LogP contribution in [-0.4, -0.2) is 43.8 Å². The summed E-state index contributed by atoms with van der Waals surface area (Å²) in [6, 6.07) is 0. The molecule has 14 heavy (non-hydrogen) atoms. The molecule has 0 radical (unpaired) electrons. The van der Waals surface area contributed by atoms with Gasteiger partial charge in [0.2, 0.25) is 0 Å². The Kier molecular flexibility index (Phi) is 9.34. The quantitative estimate of drug-likeness (QED) is 0.379. The Labute approximate surface area is 93.0 Å². The molecule has 0 aliphatic rings. The molecule has 1 atom stereocenters. The van der Waals surface area contributed by atoms with E-state index in [-0.39, 0.29) is 10.8 Å². The summed E-state index contributed by atoms with van der Waals surface area (Å²) < 4.78 is 15.1. The Morgan fingerprint density at radius 2 is 1.79 bits per heavy atom. The maximum atomic E-state index is 10.9. The zero-order chi connectivity index (χ0) is 10.8. The van der Waals surface area contributed by atoms with Crippen molar-refractivity contribution >= 4 is 21.9 Å². The van der Waals surface area contributed by atoms with E-state index in [2.05, 4.69) is 15.9 Å². The SMILES string of the molecule is CCOCCOCCOC(=O)C(C)Br. The normalized spacial score (nSPS) is 12.5. The van der Waals surface area contributed by atoms with Gasteiger partial charge >= 0.3 is 5.97 Å². The van der Waals surface area contributed by atoms with E-state index < -0.39 is 0 Å². The molecule has 0 aliphatic heterocycles. The van der Waals surface area contributed by atoms with Crippen LogP contribution < -0.4 is 0 Å². The number of hydrogen-bond acceptors (Lipinski definition) is 4. The summed E-state index contributed by atoms with van der Waals surface area (Å²) in [5.74, 6) is -0.265. The fraction of sp³-hybridized carbons (Fsp3) is 0.889. The first kappa shape index (κ1) is 13.9. The molecule has 0 saturated carbocycles. The van der Waals surface area contributed by atoms with Crippen molar-refractivity contribution in [2.24, 2.45) is 0 Å². The van der Waals surface area contributed by atoms with Gasteiger partial charge < -0.3 is 14.2 Å². The predicted octanol–water partition coefficient (Wildman–Crippen LogP) is 1.37. The predicted molar refractivity (Wildman–Crippen MR) is 56.7 cm³/mol. The molecule has 0 saturated heterocycles. The van der Waals surface area contributed by atoms with E-state index in [1.165, 1.54) is 0 Å². The molecule has 0 fully saturated rings. The highest BCUT2D eigenvalue weighted by molar-refractivity contribution is 9.10. The molecule has 5 heteroatoms. The van der Waals surface area contributed by atoms with E-state index >= 15 is 0 Å². The molecule has 0 aliphatic carbocycles. The Hall–Kier alpha value is -0.130. The van der Waals surface area contributed by atoms with Gasteiger partial charge in [0.25, 0.3) is 0 Å². The highest BCUT2D eigenvalue weighted by Crippen LogP contribution is 1.99. The van der Waals surface area contributed by atoms with E-state index in [4.69, 9.17) is 14.2 Å². The molecule has 0 bridgehead atoms. The van der Waals surface area contributed by atoms with Gasteiger partial charge in [-0.25, -0.2) is 0 Å². The maximum absolute atomic E-state index is 10.9. The van der Waals surface area contributed by atoms with Gasteiger partial charge in [-0.05, 0) is 13.8 Å². The van der Waals surface area contributed by atoms with Crippen LogP contribution in [0.15, 0.2) is 0 Å². The number of carbonyl (C=O) groups excluding carboxylic acids is 1. The van der Waals surface area contributed by atoms with Crippen molar-refractivity contribution < 1.29 is 19.0 Å². The molecule has 1 unspecified atom stereocenters. The van der Waals surface area contributed by atoms with E-state index in [0.29, 0.717) is 33.0 Å². The molecule has 84 valence electrons. The van der Waals surface area contributed by atoms with Crippen molar-refractivity contribution in [3.63, 3.8) is 0 Å². The van der Waals surface area contributed by atoms with E-state index in [0.717, 1.165) is 0 Å². The van der Waals surface area contributed by atoms with E-state index in [9.17, 15) is 4.79 Å². The average molecular weight is 269 g/mol. The zero-order valence-corrected chi connectivity index (χ0v) is 10.2. The molecule has 0 aromatic rings. The minimum Gasteiger partial charge on any atom is -0.462 e. The lowest BCUT2D eigenvalue weighted by Crippen LogP contribution is -2.17. The number of halogens is 1. The average Bonchev–Trinajstić information content (AvgIpc) is 2.16. The number of esters is 1. The number of ether oxygens (including phenoxy) is 3. The third-order valence-corrected chi connectivity index (χ3v) is 1.75. The van der Waals surface area contributed by atoms with Crippen LogP contribution in [0.4, 0.5) is 0 Å². The zero-order valence-electron chi connectivity index (χ0n) is 8.62. The monoisotopic (exact) mass is 268 g/mol. The fourth-order valence-corrected chi connectivity index (χ4v) is 0.812. The van der Waals surface area contributed by atoms with Crippen molar-refractivity contribution in [2.75, 3.05) is 33.0 Å². The summed E-state index contributed by atoms with van der Waals surface area (Å²) in [5.41, 5.74) is 0. The summed E-state index contributed by atoms with van der Waals surface area (Å²) in [5, 5.41) is 0.